The molecule has 1 aromatic rings. The van der Waals surface area contributed by atoms with Crippen molar-refractivity contribution in [3.63, 3.8) is 0 Å². The minimum absolute atomic E-state index is 0.358. The number of carboxylic acid groups (broad SMARTS) is 1. The molecule has 0 aromatic heterocycles. The largest absolute Gasteiger partial charge is 0.481 e. The number of rotatable bonds is 4. The molecule has 0 radical (unpaired) electrons. The second kappa shape index (κ2) is 5.37. The van der Waals surface area contributed by atoms with Crippen molar-refractivity contribution in [2.45, 2.75) is 6.92 Å². The van der Waals surface area contributed by atoms with E-state index in [9.17, 15) is 4.79 Å². The monoisotopic (exact) mass is 291 g/mol. The SMILES string of the molecule is CC(CNc1ccc(Br)cc1Cl)C(=O)O. The number of nitrogens with one attached hydrogen (secondary N) is 1. The zero-order valence-electron chi connectivity index (χ0n) is 8.13. The third-order valence-electron chi connectivity index (χ3n) is 1.95. The number of hydrogen-bond acceptors (Lipinski definition) is 2. The number of carbonyl (C=O) groups is 1. The second-order valence-electron chi connectivity index (χ2n) is 3.24. The van der Waals surface area contributed by atoms with Gasteiger partial charge in [0.15, 0.2) is 0 Å². The maximum absolute atomic E-state index is 10.6. The lowest BCUT2D eigenvalue weighted by atomic mass is 10.2. The number of hydrogen-bond donors (Lipinski definition) is 2. The van der Waals surface area contributed by atoms with E-state index in [1.54, 1.807) is 19.1 Å². The van der Waals surface area contributed by atoms with Gasteiger partial charge >= 0.3 is 5.97 Å². The molecule has 0 aliphatic rings. The Bertz CT molecular complexity index is 370. The minimum Gasteiger partial charge on any atom is -0.481 e. The molecule has 82 valence electrons. The number of anilines is 1. The Morgan fingerprint density at radius 3 is 2.87 bits per heavy atom. The maximum atomic E-state index is 10.6. The van der Waals surface area contributed by atoms with E-state index >= 15 is 0 Å². The van der Waals surface area contributed by atoms with Crippen molar-refractivity contribution in [3.8, 4) is 0 Å². The van der Waals surface area contributed by atoms with Crippen molar-refractivity contribution < 1.29 is 9.90 Å². The topological polar surface area (TPSA) is 49.3 Å². The van der Waals surface area contributed by atoms with Crippen molar-refractivity contribution in [2.24, 2.45) is 5.92 Å². The van der Waals surface area contributed by atoms with Gasteiger partial charge in [-0.15, -0.1) is 0 Å². The average Bonchev–Trinajstić information content (AvgIpc) is 2.15. The third kappa shape index (κ3) is 3.72. The second-order valence-corrected chi connectivity index (χ2v) is 4.57. The highest BCUT2D eigenvalue weighted by atomic mass is 79.9. The molecule has 1 unspecified atom stereocenters. The van der Waals surface area contributed by atoms with Crippen LogP contribution in [0.5, 0.6) is 0 Å². The molecule has 3 nitrogen and oxygen atoms in total. The van der Waals surface area contributed by atoms with Crippen molar-refractivity contribution in [1.29, 1.82) is 0 Å². The molecule has 0 amide bonds. The summed E-state index contributed by atoms with van der Waals surface area (Å²) in [6.45, 7) is 2.00. The summed E-state index contributed by atoms with van der Waals surface area (Å²) in [6.07, 6.45) is 0. The summed E-state index contributed by atoms with van der Waals surface area (Å²) in [6, 6.07) is 5.41. The highest BCUT2D eigenvalue weighted by Crippen LogP contribution is 2.25. The average molecular weight is 293 g/mol. The molecule has 0 aliphatic heterocycles. The van der Waals surface area contributed by atoms with E-state index in [0.717, 1.165) is 10.2 Å². The van der Waals surface area contributed by atoms with Gasteiger partial charge in [0, 0.05) is 11.0 Å². The smallest absolute Gasteiger partial charge is 0.308 e. The Morgan fingerprint density at radius 2 is 2.33 bits per heavy atom. The number of aliphatic carboxylic acids is 1. The summed E-state index contributed by atoms with van der Waals surface area (Å²) in [5, 5.41) is 12.3. The summed E-state index contributed by atoms with van der Waals surface area (Å²) in [5.41, 5.74) is 0.743. The summed E-state index contributed by atoms with van der Waals surface area (Å²) in [5.74, 6) is -1.26. The van der Waals surface area contributed by atoms with Crippen LogP contribution in [0.3, 0.4) is 0 Å². The highest BCUT2D eigenvalue weighted by Gasteiger charge is 2.10. The quantitative estimate of drug-likeness (QED) is 0.896. The lowest BCUT2D eigenvalue weighted by molar-refractivity contribution is -0.140. The molecular weight excluding hydrogens is 281 g/mol. The Kier molecular flexibility index (Phi) is 4.42. The van der Waals surface area contributed by atoms with E-state index in [2.05, 4.69) is 21.2 Å². The Morgan fingerprint density at radius 1 is 1.67 bits per heavy atom. The maximum Gasteiger partial charge on any atom is 0.308 e. The first-order valence-electron chi connectivity index (χ1n) is 4.42. The van der Waals surface area contributed by atoms with Gasteiger partial charge in [0.2, 0.25) is 0 Å². The summed E-state index contributed by atoms with van der Waals surface area (Å²) < 4.78 is 0.893. The zero-order valence-corrected chi connectivity index (χ0v) is 10.5. The van der Waals surface area contributed by atoms with Crippen LogP contribution in [-0.2, 0) is 4.79 Å². The first kappa shape index (κ1) is 12.3. The summed E-state index contributed by atoms with van der Waals surface area (Å²) in [7, 11) is 0. The standard InChI is InChI=1S/C10H11BrClNO2/c1-6(10(14)15)5-13-9-3-2-7(11)4-8(9)12/h2-4,6,13H,5H2,1H3,(H,14,15). The first-order chi connectivity index (χ1) is 7.00. The van der Waals surface area contributed by atoms with Gasteiger partial charge in [-0.25, -0.2) is 0 Å². The number of benzene rings is 1. The fourth-order valence-electron chi connectivity index (χ4n) is 0.983. The molecule has 1 rings (SSSR count). The van der Waals surface area contributed by atoms with Crippen molar-refractivity contribution in [2.75, 3.05) is 11.9 Å². The summed E-state index contributed by atoms with van der Waals surface area (Å²) >= 11 is 9.25. The molecule has 0 bridgehead atoms. The molecule has 0 fully saturated rings. The Balaban J connectivity index is 2.62. The lowest BCUT2D eigenvalue weighted by Crippen LogP contribution is -2.19. The molecule has 2 N–H and O–H groups in total. The fraction of sp³-hybridized carbons (Fsp3) is 0.300. The van der Waals surface area contributed by atoms with Crippen LogP contribution in [0, 0.1) is 5.92 Å². The van der Waals surface area contributed by atoms with E-state index < -0.39 is 11.9 Å². The van der Waals surface area contributed by atoms with Crippen LogP contribution < -0.4 is 5.32 Å². The van der Waals surface area contributed by atoms with Gasteiger partial charge in [-0.05, 0) is 18.2 Å². The van der Waals surface area contributed by atoms with E-state index in [1.807, 2.05) is 6.07 Å². The molecule has 0 spiro atoms. The van der Waals surface area contributed by atoms with Crippen LogP contribution in [0.2, 0.25) is 5.02 Å². The molecule has 0 aliphatic carbocycles. The fourth-order valence-corrected chi connectivity index (χ4v) is 1.72. The van der Waals surface area contributed by atoms with E-state index in [-0.39, 0.29) is 0 Å². The number of carboxylic acids is 1. The van der Waals surface area contributed by atoms with Crippen LogP contribution in [0.15, 0.2) is 22.7 Å². The van der Waals surface area contributed by atoms with Crippen LogP contribution >= 0.6 is 27.5 Å². The van der Waals surface area contributed by atoms with Crippen LogP contribution in [0.25, 0.3) is 0 Å². The van der Waals surface area contributed by atoms with Gasteiger partial charge in [0.1, 0.15) is 0 Å². The van der Waals surface area contributed by atoms with E-state index in [1.165, 1.54) is 0 Å². The molecule has 0 heterocycles. The molecular formula is C10H11BrClNO2. The van der Waals surface area contributed by atoms with Gasteiger partial charge in [0.25, 0.3) is 0 Å². The Labute approximate surface area is 102 Å². The molecule has 0 saturated heterocycles. The molecule has 5 heteroatoms. The van der Waals surface area contributed by atoms with Crippen LogP contribution in [-0.4, -0.2) is 17.6 Å². The molecule has 1 aromatic carbocycles. The van der Waals surface area contributed by atoms with Crippen molar-refractivity contribution in [3.05, 3.63) is 27.7 Å². The van der Waals surface area contributed by atoms with Gasteiger partial charge in [-0.2, -0.15) is 0 Å². The molecule has 15 heavy (non-hydrogen) atoms. The van der Waals surface area contributed by atoms with E-state index in [4.69, 9.17) is 16.7 Å². The minimum atomic E-state index is -0.823. The predicted molar refractivity (Wildman–Crippen MR) is 64.4 cm³/mol. The predicted octanol–water partition coefficient (Wildman–Crippen LogP) is 3.24. The molecule has 1 atom stereocenters. The van der Waals surface area contributed by atoms with Gasteiger partial charge in [-0.1, -0.05) is 34.5 Å². The van der Waals surface area contributed by atoms with Gasteiger partial charge in [0.05, 0.1) is 16.6 Å². The molecule has 0 saturated carbocycles. The lowest BCUT2D eigenvalue weighted by Gasteiger charge is -2.11. The van der Waals surface area contributed by atoms with Crippen LogP contribution in [0.1, 0.15) is 6.92 Å². The normalized spacial score (nSPS) is 12.2. The Hall–Kier alpha value is -0.740. The summed E-state index contributed by atoms with van der Waals surface area (Å²) in [4.78, 5) is 10.6. The highest BCUT2D eigenvalue weighted by molar-refractivity contribution is 9.10. The van der Waals surface area contributed by atoms with Crippen molar-refractivity contribution in [1.82, 2.24) is 0 Å². The van der Waals surface area contributed by atoms with Crippen LogP contribution in [0.4, 0.5) is 5.69 Å². The third-order valence-corrected chi connectivity index (χ3v) is 2.76. The number of halogens is 2. The first-order valence-corrected chi connectivity index (χ1v) is 5.59. The van der Waals surface area contributed by atoms with Gasteiger partial charge < -0.3 is 10.4 Å². The van der Waals surface area contributed by atoms with Crippen molar-refractivity contribution >= 4 is 39.2 Å². The van der Waals surface area contributed by atoms with E-state index in [0.29, 0.717) is 11.6 Å². The zero-order chi connectivity index (χ0) is 11.4. The van der Waals surface area contributed by atoms with Gasteiger partial charge in [-0.3, -0.25) is 4.79 Å².